The van der Waals surface area contributed by atoms with Crippen LogP contribution in [-0.4, -0.2) is 11.0 Å². The van der Waals surface area contributed by atoms with Gasteiger partial charge in [-0.3, -0.25) is 10.1 Å². The van der Waals surface area contributed by atoms with Crippen molar-refractivity contribution in [3.63, 3.8) is 0 Å². The Labute approximate surface area is 93.5 Å². The molecule has 0 aliphatic heterocycles. The van der Waals surface area contributed by atoms with E-state index in [1.807, 2.05) is 6.07 Å². The normalized spacial score (nSPS) is 12.7. The van der Waals surface area contributed by atoms with Crippen LogP contribution in [0.1, 0.15) is 31.6 Å². The highest BCUT2D eigenvalue weighted by atomic mass is 32.1. The average molecular weight is 228 g/mol. The monoisotopic (exact) mass is 228 g/mol. The highest BCUT2D eigenvalue weighted by molar-refractivity contribution is 7.15. The molecule has 5 heteroatoms. The van der Waals surface area contributed by atoms with Crippen LogP contribution in [-0.2, 0) is 6.54 Å². The number of nitrogens with one attached hydrogen (secondary N) is 1. The number of thiophene rings is 1. The third kappa shape index (κ3) is 3.97. The van der Waals surface area contributed by atoms with E-state index in [1.54, 1.807) is 6.07 Å². The van der Waals surface area contributed by atoms with Gasteiger partial charge in [-0.05, 0) is 19.4 Å². The molecule has 1 unspecified atom stereocenters. The molecule has 1 N–H and O–H groups in total. The van der Waals surface area contributed by atoms with Crippen molar-refractivity contribution in [2.24, 2.45) is 0 Å². The number of hydrogen-bond acceptors (Lipinski definition) is 4. The lowest BCUT2D eigenvalue weighted by Crippen LogP contribution is -2.24. The molecule has 0 bridgehead atoms. The van der Waals surface area contributed by atoms with Crippen LogP contribution in [0.5, 0.6) is 0 Å². The summed E-state index contributed by atoms with van der Waals surface area (Å²) in [6.07, 6.45) is 2.28. The molecule has 1 aromatic heterocycles. The Balaban J connectivity index is 2.40. The smallest absolute Gasteiger partial charge is 0.309 e. The number of nitro groups is 1. The maximum atomic E-state index is 10.5. The number of nitrogens with zero attached hydrogens (tertiary/aromatic N) is 1. The molecule has 0 saturated carbocycles. The van der Waals surface area contributed by atoms with Gasteiger partial charge in [0.1, 0.15) is 0 Å². The molecule has 1 aromatic rings. The van der Waals surface area contributed by atoms with Crippen LogP contribution in [0.4, 0.5) is 5.00 Å². The van der Waals surface area contributed by atoms with Gasteiger partial charge in [0, 0.05) is 23.5 Å². The molecule has 1 atom stereocenters. The Kier molecular flexibility index (Phi) is 4.71. The van der Waals surface area contributed by atoms with E-state index in [9.17, 15) is 10.1 Å². The predicted molar refractivity (Wildman–Crippen MR) is 62.2 cm³/mol. The van der Waals surface area contributed by atoms with E-state index in [2.05, 4.69) is 19.2 Å². The molecule has 0 radical (unpaired) electrons. The number of rotatable bonds is 6. The van der Waals surface area contributed by atoms with E-state index in [0.717, 1.165) is 24.3 Å². The van der Waals surface area contributed by atoms with Crippen LogP contribution in [0, 0.1) is 10.1 Å². The van der Waals surface area contributed by atoms with Gasteiger partial charge in [0.25, 0.3) is 0 Å². The molecule has 0 aromatic carbocycles. The van der Waals surface area contributed by atoms with Gasteiger partial charge in [-0.1, -0.05) is 24.7 Å². The molecule has 0 amide bonds. The van der Waals surface area contributed by atoms with Gasteiger partial charge in [-0.25, -0.2) is 0 Å². The summed E-state index contributed by atoms with van der Waals surface area (Å²) in [5.41, 5.74) is 0. The second-order valence-corrected chi connectivity index (χ2v) is 4.71. The van der Waals surface area contributed by atoms with Gasteiger partial charge < -0.3 is 5.32 Å². The molecular weight excluding hydrogens is 212 g/mol. The Morgan fingerprint density at radius 3 is 2.87 bits per heavy atom. The van der Waals surface area contributed by atoms with Crippen LogP contribution < -0.4 is 5.32 Å². The second-order valence-electron chi connectivity index (χ2n) is 3.57. The van der Waals surface area contributed by atoms with Gasteiger partial charge in [-0.15, -0.1) is 0 Å². The van der Waals surface area contributed by atoms with Gasteiger partial charge in [-0.2, -0.15) is 0 Å². The first-order valence-corrected chi connectivity index (χ1v) is 5.91. The largest absolute Gasteiger partial charge is 0.324 e. The molecule has 4 nitrogen and oxygen atoms in total. The summed E-state index contributed by atoms with van der Waals surface area (Å²) >= 11 is 1.24. The van der Waals surface area contributed by atoms with Crippen molar-refractivity contribution in [3.8, 4) is 0 Å². The van der Waals surface area contributed by atoms with E-state index >= 15 is 0 Å². The van der Waals surface area contributed by atoms with Crippen molar-refractivity contribution < 1.29 is 4.92 Å². The topological polar surface area (TPSA) is 55.2 Å². The standard InChI is InChI=1S/C10H16N2O2S/c1-3-4-8(2)11-7-9-5-6-10(15-9)12(13)14/h5-6,8,11H,3-4,7H2,1-2H3. The van der Waals surface area contributed by atoms with E-state index in [0.29, 0.717) is 6.04 Å². The molecule has 0 aliphatic rings. The Morgan fingerprint density at radius 1 is 1.60 bits per heavy atom. The summed E-state index contributed by atoms with van der Waals surface area (Å²) in [5.74, 6) is 0. The maximum Gasteiger partial charge on any atom is 0.324 e. The van der Waals surface area contributed by atoms with Crippen molar-refractivity contribution in [2.75, 3.05) is 0 Å². The Bertz CT molecular complexity index is 325. The van der Waals surface area contributed by atoms with E-state index < -0.39 is 0 Å². The molecule has 1 rings (SSSR count). The van der Waals surface area contributed by atoms with Gasteiger partial charge in [0.2, 0.25) is 0 Å². The minimum Gasteiger partial charge on any atom is -0.309 e. The van der Waals surface area contributed by atoms with E-state index in [-0.39, 0.29) is 9.92 Å². The molecule has 0 aliphatic carbocycles. The first-order chi connectivity index (χ1) is 7.13. The Morgan fingerprint density at radius 2 is 2.33 bits per heavy atom. The van der Waals surface area contributed by atoms with Crippen molar-refractivity contribution in [2.45, 2.75) is 39.3 Å². The summed E-state index contributed by atoms with van der Waals surface area (Å²) in [6, 6.07) is 3.84. The third-order valence-corrected chi connectivity index (χ3v) is 3.21. The quantitative estimate of drug-likeness (QED) is 0.601. The zero-order valence-electron chi connectivity index (χ0n) is 9.03. The van der Waals surface area contributed by atoms with Crippen LogP contribution in [0.3, 0.4) is 0 Å². The summed E-state index contributed by atoms with van der Waals surface area (Å²) in [6.45, 7) is 5.00. The molecular formula is C10H16N2O2S. The molecule has 0 saturated heterocycles. The van der Waals surface area contributed by atoms with Crippen molar-refractivity contribution in [3.05, 3.63) is 27.1 Å². The fraction of sp³-hybridized carbons (Fsp3) is 0.600. The predicted octanol–water partition coefficient (Wildman–Crippen LogP) is 2.93. The molecule has 0 spiro atoms. The van der Waals surface area contributed by atoms with Crippen molar-refractivity contribution in [1.29, 1.82) is 0 Å². The fourth-order valence-corrected chi connectivity index (χ4v) is 2.14. The van der Waals surface area contributed by atoms with Crippen LogP contribution in [0.25, 0.3) is 0 Å². The Hall–Kier alpha value is -0.940. The van der Waals surface area contributed by atoms with Crippen LogP contribution in [0.15, 0.2) is 12.1 Å². The van der Waals surface area contributed by atoms with E-state index in [1.165, 1.54) is 11.3 Å². The highest BCUT2D eigenvalue weighted by Crippen LogP contribution is 2.23. The molecule has 84 valence electrons. The summed E-state index contributed by atoms with van der Waals surface area (Å²) < 4.78 is 0. The number of hydrogen-bond donors (Lipinski definition) is 1. The first-order valence-electron chi connectivity index (χ1n) is 5.10. The maximum absolute atomic E-state index is 10.5. The van der Waals surface area contributed by atoms with Gasteiger partial charge in [0.05, 0.1) is 4.92 Å². The minimum absolute atomic E-state index is 0.218. The fourth-order valence-electron chi connectivity index (χ4n) is 1.37. The third-order valence-electron chi connectivity index (χ3n) is 2.17. The lowest BCUT2D eigenvalue weighted by Gasteiger charge is -2.10. The second kappa shape index (κ2) is 5.82. The van der Waals surface area contributed by atoms with Crippen LogP contribution in [0.2, 0.25) is 0 Å². The zero-order chi connectivity index (χ0) is 11.3. The average Bonchev–Trinajstić information content (AvgIpc) is 2.63. The summed E-state index contributed by atoms with van der Waals surface area (Å²) in [5, 5.41) is 14.0. The molecule has 0 fully saturated rings. The van der Waals surface area contributed by atoms with Crippen molar-refractivity contribution >= 4 is 16.3 Å². The van der Waals surface area contributed by atoms with Crippen LogP contribution >= 0.6 is 11.3 Å². The SMILES string of the molecule is CCCC(C)NCc1ccc([N+](=O)[O-])s1. The summed E-state index contributed by atoms with van der Waals surface area (Å²) in [4.78, 5) is 11.1. The first kappa shape index (κ1) is 12.1. The van der Waals surface area contributed by atoms with Gasteiger partial charge in [0.15, 0.2) is 0 Å². The highest BCUT2D eigenvalue weighted by Gasteiger charge is 2.09. The molecule has 1 heterocycles. The summed E-state index contributed by atoms with van der Waals surface area (Å²) in [7, 11) is 0. The van der Waals surface area contributed by atoms with E-state index in [4.69, 9.17) is 0 Å². The van der Waals surface area contributed by atoms with Crippen molar-refractivity contribution in [1.82, 2.24) is 5.32 Å². The lowest BCUT2D eigenvalue weighted by molar-refractivity contribution is -0.380. The zero-order valence-corrected chi connectivity index (χ0v) is 9.84. The van der Waals surface area contributed by atoms with Gasteiger partial charge >= 0.3 is 5.00 Å². The lowest BCUT2D eigenvalue weighted by atomic mass is 10.2. The minimum atomic E-state index is -0.344. The molecule has 15 heavy (non-hydrogen) atoms.